The summed E-state index contributed by atoms with van der Waals surface area (Å²) in [6, 6.07) is 16.0. The zero-order valence-electron chi connectivity index (χ0n) is 19.2. The number of ether oxygens (including phenoxy) is 1. The Balaban J connectivity index is 1.53. The Morgan fingerprint density at radius 3 is 2.47 bits per heavy atom. The minimum Gasteiger partial charge on any atom is -0.494 e. The van der Waals surface area contributed by atoms with Crippen molar-refractivity contribution in [3.05, 3.63) is 59.7 Å². The van der Waals surface area contributed by atoms with Gasteiger partial charge in [0.2, 0.25) is 5.96 Å². The van der Waals surface area contributed by atoms with Gasteiger partial charge in [0.25, 0.3) is 5.91 Å². The molecule has 1 saturated carbocycles. The molecule has 6 heteroatoms. The topological polar surface area (TPSA) is 57.2 Å². The molecule has 1 aliphatic heterocycles. The van der Waals surface area contributed by atoms with Crippen molar-refractivity contribution >= 4 is 17.6 Å². The molecule has 0 atom stereocenters. The molecule has 2 aromatic rings. The van der Waals surface area contributed by atoms with Crippen molar-refractivity contribution in [1.29, 1.82) is 0 Å². The number of aliphatic imine (C=N–C) groups is 1. The number of benzene rings is 2. The summed E-state index contributed by atoms with van der Waals surface area (Å²) in [4.78, 5) is 22.7. The number of guanidine groups is 1. The van der Waals surface area contributed by atoms with Crippen molar-refractivity contribution < 1.29 is 9.53 Å². The summed E-state index contributed by atoms with van der Waals surface area (Å²) in [5.74, 6) is 1.14. The number of nitrogens with zero attached hydrogens (tertiary/aromatic N) is 3. The van der Waals surface area contributed by atoms with Crippen LogP contribution < -0.4 is 10.1 Å². The van der Waals surface area contributed by atoms with E-state index in [2.05, 4.69) is 15.1 Å². The lowest BCUT2D eigenvalue weighted by Gasteiger charge is -2.41. The van der Waals surface area contributed by atoms with E-state index in [9.17, 15) is 4.79 Å². The van der Waals surface area contributed by atoms with E-state index in [-0.39, 0.29) is 5.91 Å². The van der Waals surface area contributed by atoms with E-state index in [1.807, 2.05) is 55.5 Å². The van der Waals surface area contributed by atoms with Crippen LogP contribution in [0.5, 0.6) is 5.75 Å². The number of carbonyl (C=O) groups is 1. The van der Waals surface area contributed by atoms with Gasteiger partial charge in [0.15, 0.2) is 0 Å². The van der Waals surface area contributed by atoms with Crippen LogP contribution in [0, 0.1) is 6.92 Å². The first-order chi connectivity index (χ1) is 15.6. The molecule has 32 heavy (non-hydrogen) atoms. The summed E-state index contributed by atoms with van der Waals surface area (Å²) >= 11 is 0. The minimum atomic E-state index is -0.142. The Morgan fingerprint density at radius 2 is 1.75 bits per heavy atom. The predicted octanol–water partition coefficient (Wildman–Crippen LogP) is 4.37. The number of methoxy groups -OCH3 is 1. The third-order valence-electron chi connectivity index (χ3n) is 6.52. The van der Waals surface area contributed by atoms with Gasteiger partial charge in [-0.1, -0.05) is 49.1 Å². The predicted molar refractivity (Wildman–Crippen MR) is 129 cm³/mol. The lowest BCUT2D eigenvalue weighted by molar-refractivity contribution is 0.0943. The standard InChI is InChI=1S/C26H34N4O2/c1-20-9-8-10-21(19-20)25(31)28-26(27-23-13-6-7-14-24(23)32-2)30-17-15-29(16-18-30)22-11-4-3-5-12-22/h6-10,13-14,19,22H,3-5,11-12,15-18H2,1-2H3,(H,27,28,31). The average molecular weight is 435 g/mol. The number of rotatable bonds is 4. The Kier molecular flexibility index (Phi) is 7.43. The van der Waals surface area contributed by atoms with Gasteiger partial charge >= 0.3 is 0 Å². The number of hydrogen-bond acceptors (Lipinski definition) is 4. The molecule has 6 nitrogen and oxygen atoms in total. The molecule has 1 N–H and O–H groups in total. The van der Waals surface area contributed by atoms with E-state index in [0.717, 1.165) is 31.7 Å². The Bertz CT molecular complexity index is 944. The van der Waals surface area contributed by atoms with Gasteiger partial charge < -0.3 is 9.64 Å². The number of amides is 1. The van der Waals surface area contributed by atoms with Crippen LogP contribution in [0.15, 0.2) is 53.5 Å². The molecule has 2 aromatic carbocycles. The first-order valence-electron chi connectivity index (χ1n) is 11.7. The lowest BCUT2D eigenvalue weighted by atomic mass is 9.94. The van der Waals surface area contributed by atoms with Crippen molar-refractivity contribution in [1.82, 2.24) is 15.1 Å². The highest BCUT2D eigenvalue weighted by Crippen LogP contribution is 2.27. The van der Waals surface area contributed by atoms with Gasteiger partial charge in [-0.05, 0) is 44.0 Å². The molecular formula is C26H34N4O2. The van der Waals surface area contributed by atoms with Crippen LogP contribution in [0.1, 0.15) is 48.0 Å². The monoisotopic (exact) mass is 434 g/mol. The van der Waals surface area contributed by atoms with Crippen molar-refractivity contribution in [3.8, 4) is 5.75 Å². The summed E-state index contributed by atoms with van der Waals surface area (Å²) in [5.41, 5.74) is 2.41. The second-order valence-electron chi connectivity index (χ2n) is 8.75. The fraction of sp³-hybridized carbons (Fsp3) is 0.462. The second kappa shape index (κ2) is 10.6. The number of hydrogen-bond donors (Lipinski definition) is 1. The van der Waals surface area contributed by atoms with Crippen LogP contribution in [0.2, 0.25) is 0 Å². The molecule has 0 bridgehead atoms. The molecule has 1 aliphatic carbocycles. The van der Waals surface area contributed by atoms with Crippen molar-refractivity contribution in [2.75, 3.05) is 33.3 Å². The van der Waals surface area contributed by atoms with Gasteiger partial charge in [-0.2, -0.15) is 0 Å². The summed E-state index contributed by atoms with van der Waals surface area (Å²) in [7, 11) is 1.64. The number of piperazine rings is 1. The lowest BCUT2D eigenvalue weighted by Crippen LogP contribution is -2.55. The number of para-hydroxylation sites is 2. The third kappa shape index (κ3) is 5.49. The van der Waals surface area contributed by atoms with E-state index in [0.29, 0.717) is 29.0 Å². The number of aryl methyl sites for hydroxylation is 1. The van der Waals surface area contributed by atoms with Crippen molar-refractivity contribution in [2.24, 2.45) is 4.99 Å². The Labute approximate surface area is 191 Å². The molecule has 1 saturated heterocycles. The van der Waals surface area contributed by atoms with E-state index < -0.39 is 0 Å². The van der Waals surface area contributed by atoms with Gasteiger partial charge in [-0.3, -0.25) is 15.0 Å². The van der Waals surface area contributed by atoms with Crippen LogP contribution in [0.3, 0.4) is 0 Å². The van der Waals surface area contributed by atoms with Gasteiger partial charge in [-0.25, -0.2) is 4.99 Å². The molecule has 170 valence electrons. The zero-order chi connectivity index (χ0) is 22.3. The summed E-state index contributed by atoms with van der Waals surface area (Å²) in [6.07, 6.45) is 6.69. The van der Waals surface area contributed by atoms with Gasteiger partial charge in [0, 0.05) is 37.8 Å². The smallest absolute Gasteiger partial charge is 0.257 e. The van der Waals surface area contributed by atoms with Crippen LogP contribution >= 0.6 is 0 Å². The first kappa shape index (κ1) is 22.3. The summed E-state index contributed by atoms with van der Waals surface area (Å²) in [6.45, 7) is 5.67. The summed E-state index contributed by atoms with van der Waals surface area (Å²) in [5, 5.41) is 3.09. The Hall–Kier alpha value is -2.86. The molecule has 0 radical (unpaired) electrons. The molecular weight excluding hydrogens is 400 g/mol. The largest absolute Gasteiger partial charge is 0.494 e. The van der Waals surface area contributed by atoms with Crippen molar-refractivity contribution in [2.45, 2.75) is 45.1 Å². The number of carbonyl (C=O) groups excluding carboxylic acids is 1. The average Bonchev–Trinajstić information content (AvgIpc) is 2.84. The summed E-state index contributed by atoms with van der Waals surface area (Å²) < 4.78 is 5.49. The van der Waals surface area contributed by atoms with E-state index in [1.165, 1.54) is 32.1 Å². The molecule has 0 unspecified atom stereocenters. The fourth-order valence-electron chi connectivity index (χ4n) is 4.72. The van der Waals surface area contributed by atoms with E-state index in [4.69, 9.17) is 9.73 Å². The van der Waals surface area contributed by atoms with E-state index >= 15 is 0 Å². The molecule has 0 spiro atoms. The normalized spacial score (nSPS) is 18.4. The van der Waals surface area contributed by atoms with E-state index in [1.54, 1.807) is 7.11 Å². The molecule has 2 aliphatic rings. The van der Waals surface area contributed by atoms with Crippen LogP contribution in [-0.4, -0.2) is 61.0 Å². The minimum absolute atomic E-state index is 0.142. The van der Waals surface area contributed by atoms with Crippen LogP contribution in [0.4, 0.5) is 5.69 Å². The van der Waals surface area contributed by atoms with Crippen molar-refractivity contribution in [3.63, 3.8) is 0 Å². The second-order valence-corrected chi connectivity index (χ2v) is 8.75. The number of nitrogens with one attached hydrogen (secondary N) is 1. The third-order valence-corrected chi connectivity index (χ3v) is 6.52. The highest BCUT2D eigenvalue weighted by atomic mass is 16.5. The molecule has 0 aromatic heterocycles. The maximum absolute atomic E-state index is 13.0. The first-order valence-corrected chi connectivity index (χ1v) is 11.7. The fourth-order valence-corrected chi connectivity index (χ4v) is 4.72. The zero-order valence-corrected chi connectivity index (χ0v) is 19.2. The van der Waals surface area contributed by atoms with Gasteiger partial charge in [0.05, 0.1) is 7.11 Å². The molecule has 1 amide bonds. The Morgan fingerprint density at radius 1 is 1.00 bits per heavy atom. The van der Waals surface area contributed by atoms with Crippen LogP contribution in [0.25, 0.3) is 0 Å². The maximum Gasteiger partial charge on any atom is 0.257 e. The highest BCUT2D eigenvalue weighted by Gasteiger charge is 2.27. The quantitative estimate of drug-likeness (QED) is 0.573. The SMILES string of the molecule is COc1ccccc1N=C(NC(=O)c1cccc(C)c1)N1CCN(C2CCCCC2)CC1. The molecule has 2 fully saturated rings. The molecule has 4 rings (SSSR count). The highest BCUT2D eigenvalue weighted by molar-refractivity contribution is 6.06. The van der Waals surface area contributed by atoms with Gasteiger partial charge in [-0.15, -0.1) is 0 Å². The van der Waals surface area contributed by atoms with Crippen LogP contribution in [-0.2, 0) is 0 Å². The molecule has 1 heterocycles. The van der Waals surface area contributed by atoms with Gasteiger partial charge in [0.1, 0.15) is 11.4 Å². The maximum atomic E-state index is 13.0.